The first-order valence-electron chi connectivity index (χ1n) is 10.4. The summed E-state index contributed by atoms with van der Waals surface area (Å²) >= 11 is 0. The largest absolute Gasteiger partial charge is 0.647 e. The quantitative estimate of drug-likeness (QED) is 0.368. The maximum absolute atomic E-state index is 14.1. The van der Waals surface area contributed by atoms with Crippen molar-refractivity contribution in [2.75, 3.05) is 0 Å². The van der Waals surface area contributed by atoms with Gasteiger partial charge < -0.3 is 13.6 Å². The van der Waals surface area contributed by atoms with Gasteiger partial charge in [0.2, 0.25) is 0 Å². The van der Waals surface area contributed by atoms with E-state index in [-0.39, 0.29) is 0 Å². The Labute approximate surface area is 185 Å². The molecule has 0 bridgehead atoms. The van der Waals surface area contributed by atoms with Crippen LogP contribution in [0, 0.1) is 55.4 Å². The summed E-state index contributed by atoms with van der Waals surface area (Å²) < 4.78 is 32.3. The van der Waals surface area contributed by atoms with Gasteiger partial charge in [0.25, 0.3) is 0 Å². The van der Waals surface area contributed by atoms with Gasteiger partial charge in [-0.1, -0.05) is 47.5 Å². The Morgan fingerprint density at radius 3 is 1.35 bits per heavy atom. The SMILES string of the molecule is Cc1cc(C)c(OP(=O)(Oc2cc(C)ccc2C)Oc2c(C)cc(C)cc2C)c(C)c1. The van der Waals surface area contributed by atoms with Crippen molar-refractivity contribution < 1.29 is 18.1 Å². The van der Waals surface area contributed by atoms with Gasteiger partial charge in [0.1, 0.15) is 17.2 Å². The molecular weight excluding hydrogens is 407 g/mol. The van der Waals surface area contributed by atoms with Gasteiger partial charge in [-0.25, -0.2) is 0 Å². The van der Waals surface area contributed by atoms with E-state index < -0.39 is 7.82 Å². The highest BCUT2D eigenvalue weighted by Crippen LogP contribution is 2.53. The lowest BCUT2D eigenvalue weighted by Gasteiger charge is -2.24. The lowest BCUT2D eigenvalue weighted by atomic mass is 10.1. The average molecular weight is 439 g/mol. The molecule has 0 saturated heterocycles. The van der Waals surface area contributed by atoms with E-state index in [4.69, 9.17) is 13.6 Å². The van der Waals surface area contributed by atoms with Crippen molar-refractivity contribution in [3.63, 3.8) is 0 Å². The zero-order valence-electron chi connectivity index (χ0n) is 19.6. The fraction of sp³-hybridized carbons (Fsp3) is 0.308. The van der Waals surface area contributed by atoms with E-state index in [1.165, 1.54) is 0 Å². The van der Waals surface area contributed by atoms with E-state index in [2.05, 4.69) is 0 Å². The lowest BCUT2D eigenvalue weighted by molar-refractivity contribution is 0.295. The molecule has 0 N–H and O–H groups in total. The molecule has 3 rings (SSSR count). The summed E-state index contributed by atoms with van der Waals surface area (Å²) in [7, 11) is -4.07. The van der Waals surface area contributed by atoms with Gasteiger partial charge in [-0.2, -0.15) is 4.57 Å². The Kier molecular flexibility index (Phi) is 6.52. The second-order valence-electron chi connectivity index (χ2n) is 8.45. The summed E-state index contributed by atoms with van der Waals surface area (Å²) in [4.78, 5) is 0. The van der Waals surface area contributed by atoms with Crippen LogP contribution in [0.15, 0.2) is 42.5 Å². The molecule has 0 fully saturated rings. The molecule has 0 amide bonds. The molecule has 31 heavy (non-hydrogen) atoms. The molecule has 0 heterocycles. The Bertz CT molecular complexity index is 1070. The number of benzene rings is 3. The molecule has 0 radical (unpaired) electrons. The highest BCUT2D eigenvalue weighted by atomic mass is 31.2. The predicted octanol–water partition coefficient (Wildman–Crippen LogP) is 7.80. The van der Waals surface area contributed by atoms with Crippen molar-refractivity contribution in [2.24, 2.45) is 0 Å². The third-order valence-electron chi connectivity index (χ3n) is 5.17. The van der Waals surface area contributed by atoms with Crippen LogP contribution < -0.4 is 13.6 Å². The molecule has 5 heteroatoms. The molecule has 0 aliphatic carbocycles. The Morgan fingerprint density at radius 1 is 0.516 bits per heavy atom. The summed E-state index contributed by atoms with van der Waals surface area (Å²) in [6, 6.07) is 13.7. The Balaban J connectivity index is 2.10. The third kappa shape index (κ3) is 5.32. The zero-order valence-corrected chi connectivity index (χ0v) is 20.5. The molecule has 0 spiro atoms. The first kappa shape index (κ1) is 23.0. The van der Waals surface area contributed by atoms with Gasteiger partial charge in [-0.05, 0) is 94.8 Å². The maximum Gasteiger partial charge on any atom is 0.647 e. The van der Waals surface area contributed by atoms with Crippen molar-refractivity contribution in [1.29, 1.82) is 0 Å². The van der Waals surface area contributed by atoms with Gasteiger partial charge in [0.05, 0.1) is 0 Å². The second kappa shape index (κ2) is 8.80. The average Bonchev–Trinajstić information content (AvgIpc) is 2.64. The van der Waals surface area contributed by atoms with Gasteiger partial charge in [-0.15, -0.1) is 0 Å². The van der Waals surface area contributed by atoms with E-state index in [1.54, 1.807) is 0 Å². The van der Waals surface area contributed by atoms with Gasteiger partial charge in [0, 0.05) is 0 Å². The lowest BCUT2D eigenvalue weighted by Crippen LogP contribution is -2.11. The summed E-state index contributed by atoms with van der Waals surface area (Å²) in [6.07, 6.45) is 0. The fourth-order valence-electron chi connectivity index (χ4n) is 3.83. The van der Waals surface area contributed by atoms with Crippen LogP contribution >= 0.6 is 7.82 Å². The molecule has 3 aromatic rings. The number of aryl methyl sites for hydroxylation is 8. The van der Waals surface area contributed by atoms with E-state index in [9.17, 15) is 4.57 Å². The van der Waals surface area contributed by atoms with Crippen LogP contribution in [-0.4, -0.2) is 0 Å². The summed E-state index contributed by atoms with van der Waals surface area (Å²) in [5.41, 5.74) is 7.58. The highest BCUT2D eigenvalue weighted by Gasteiger charge is 2.36. The van der Waals surface area contributed by atoms with Crippen LogP contribution in [0.2, 0.25) is 0 Å². The van der Waals surface area contributed by atoms with E-state index in [1.807, 2.05) is 97.9 Å². The Morgan fingerprint density at radius 2 is 0.935 bits per heavy atom. The normalized spacial score (nSPS) is 11.4. The van der Waals surface area contributed by atoms with Crippen LogP contribution in [0.5, 0.6) is 17.2 Å². The maximum atomic E-state index is 14.1. The van der Waals surface area contributed by atoms with Crippen LogP contribution in [0.1, 0.15) is 44.5 Å². The molecule has 3 aromatic carbocycles. The smallest absolute Gasteiger partial charge is 0.386 e. The summed E-state index contributed by atoms with van der Waals surface area (Å²) in [5.74, 6) is 1.51. The van der Waals surface area contributed by atoms with Crippen molar-refractivity contribution in [1.82, 2.24) is 0 Å². The molecule has 4 nitrogen and oxygen atoms in total. The molecular formula is C26H31O4P. The number of phosphoric acid groups is 1. The predicted molar refractivity (Wildman–Crippen MR) is 127 cm³/mol. The topological polar surface area (TPSA) is 44.8 Å². The van der Waals surface area contributed by atoms with E-state index in [0.717, 1.165) is 44.5 Å². The second-order valence-corrected chi connectivity index (χ2v) is 9.89. The van der Waals surface area contributed by atoms with E-state index in [0.29, 0.717) is 17.2 Å². The number of hydrogen-bond acceptors (Lipinski definition) is 4. The summed E-state index contributed by atoms with van der Waals surface area (Å²) in [5, 5.41) is 0. The van der Waals surface area contributed by atoms with Crippen LogP contribution in [-0.2, 0) is 4.57 Å². The van der Waals surface area contributed by atoms with Crippen molar-refractivity contribution in [3.8, 4) is 17.2 Å². The first-order valence-corrected chi connectivity index (χ1v) is 11.9. The molecule has 0 aliphatic heterocycles. The Hall–Kier alpha value is -2.71. The molecule has 0 aliphatic rings. The minimum absolute atomic E-state index is 0.480. The van der Waals surface area contributed by atoms with Crippen LogP contribution in [0.25, 0.3) is 0 Å². The van der Waals surface area contributed by atoms with Gasteiger partial charge >= 0.3 is 7.82 Å². The molecule has 0 saturated carbocycles. The minimum Gasteiger partial charge on any atom is -0.386 e. The molecule has 0 atom stereocenters. The number of phosphoric ester groups is 1. The highest BCUT2D eigenvalue weighted by molar-refractivity contribution is 7.49. The third-order valence-corrected chi connectivity index (χ3v) is 6.40. The first-order chi connectivity index (χ1) is 14.5. The fourth-order valence-corrected chi connectivity index (χ4v) is 5.40. The van der Waals surface area contributed by atoms with Crippen molar-refractivity contribution >= 4 is 7.82 Å². The van der Waals surface area contributed by atoms with Crippen molar-refractivity contribution in [3.05, 3.63) is 87.0 Å². The number of rotatable bonds is 6. The molecule has 0 aromatic heterocycles. The zero-order chi connectivity index (χ0) is 22.9. The van der Waals surface area contributed by atoms with Crippen LogP contribution in [0.4, 0.5) is 0 Å². The molecule has 164 valence electrons. The molecule has 0 unspecified atom stereocenters. The monoisotopic (exact) mass is 438 g/mol. The number of hydrogen-bond donors (Lipinski definition) is 0. The van der Waals surface area contributed by atoms with Gasteiger partial charge in [-0.3, -0.25) is 0 Å². The van der Waals surface area contributed by atoms with E-state index >= 15 is 0 Å². The summed E-state index contributed by atoms with van der Waals surface area (Å²) in [6.45, 7) is 15.6. The minimum atomic E-state index is -4.07. The standard InChI is InChI=1S/C26H31O4P/c1-16-9-10-19(4)24(15-16)28-31(27,29-25-20(5)11-17(2)12-21(25)6)30-26-22(7)13-18(3)14-23(26)8/h9-15H,1-8H3. The van der Waals surface area contributed by atoms with Gasteiger partial charge in [0.15, 0.2) is 0 Å². The van der Waals surface area contributed by atoms with Crippen molar-refractivity contribution in [2.45, 2.75) is 55.4 Å². The van der Waals surface area contributed by atoms with Crippen LogP contribution in [0.3, 0.4) is 0 Å².